The fourth-order valence-corrected chi connectivity index (χ4v) is 2.50. The Balaban J connectivity index is 1.71. The summed E-state index contributed by atoms with van der Waals surface area (Å²) in [6.45, 7) is 1.98. The van der Waals surface area contributed by atoms with Crippen LogP contribution < -0.4 is 5.32 Å². The minimum Gasteiger partial charge on any atom is -0.348 e. The van der Waals surface area contributed by atoms with Gasteiger partial charge in [-0.1, -0.05) is 12.1 Å². The molecule has 0 aliphatic rings. The van der Waals surface area contributed by atoms with E-state index < -0.39 is 0 Å². The highest BCUT2D eigenvalue weighted by Crippen LogP contribution is 2.17. The van der Waals surface area contributed by atoms with E-state index in [2.05, 4.69) is 10.3 Å². The van der Waals surface area contributed by atoms with Gasteiger partial charge in [-0.15, -0.1) is 0 Å². The van der Waals surface area contributed by atoms with Crippen molar-refractivity contribution in [1.29, 1.82) is 5.26 Å². The highest BCUT2D eigenvalue weighted by Gasteiger charge is 2.10. The maximum absolute atomic E-state index is 14.3. The number of halogens is 1. The summed E-state index contributed by atoms with van der Waals surface area (Å²) in [5.74, 6) is -0.0105. The zero-order valence-electron chi connectivity index (χ0n) is 13.5. The average Bonchev–Trinajstić information content (AvgIpc) is 3.05. The lowest BCUT2D eigenvalue weighted by Gasteiger charge is -2.10. The molecule has 1 N–H and O–H groups in total. The fraction of sp³-hybridized carbons (Fsp3) is 0.105. The first-order valence-electron chi connectivity index (χ1n) is 7.65. The van der Waals surface area contributed by atoms with Crippen molar-refractivity contribution in [3.8, 4) is 11.8 Å². The van der Waals surface area contributed by atoms with Gasteiger partial charge in [0.1, 0.15) is 11.6 Å². The van der Waals surface area contributed by atoms with E-state index >= 15 is 0 Å². The third-order valence-corrected chi connectivity index (χ3v) is 3.80. The van der Waals surface area contributed by atoms with Gasteiger partial charge in [0.2, 0.25) is 0 Å². The topological polar surface area (TPSA) is 70.7 Å². The number of aryl methyl sites for hydroxylation is 1. The summed E-state index contributed by atoms with van der Waals surface area (Å²) in [6.07, 6.45) is 3.30. The molecule has 1 heterocycles. The van der Waals surface area contributed by atoms with Gasteiger partial charge in [0.15, 0.2) is 0 Å². The molecule has 1 aromatic heterocycles. The number of benzene rings is 2. The molecule has 124 valence electrons. The molecule has 2 aromatic carbocycles. The Morgan fingerprint density at radius 3 is 2.84 bits per heavy atom. The molecule has 6 heteroatoms. The Hall–Kier alpha value is -3.46. The Morgan fingerprint density at radius 1 is 1.32 bits per heavy atom. The number of carbonyl (C=O) groups is 1. The van der Waals surface area contributed by atoms with E-state index in [1.54, 1.807) is 54.2 Å². The monoisotopic (exact) mass is 334 g/mol. The van der Waals surface area contributed by atoms with Crippen LogP contribution in [0.1, 0.15) is 27.3 Å². The maximum atomic E-state index is 14.3. The first-order valence-corrected chi connectivity index (χ1v) is 7.65. The Labute approximate surface area is 144 Å². The molecular formula is C19H15FN4O. The molecule has 0 saturated carbocycles. The van der Waals surface area contributed by atoms with Crippen molar-refractivity contribution in [1.82, 2.24) is 14.9 Å². The summed E-state index contributed by atoms with van der Waals surface area (Å²) in [4.78, 5) is 16.2. The van der Waals surface area contributed by atoms with Gasteiger partial charge in [-0.05, 0) is 42.8 Å². The summed E-state index contributed by atoms with van der Waals surface area (Å²) < 4.78 is 16.0. The van der Waals surface area contributed by atoms with E-state index in [0.29, 0.717) is 28.2 Å². The van der Waals surface area contributed by atoms with Crippen LogP contribution in [0.2, 0.25) is 0 Å². The van der Waals surface area contributed by atoms with Gasteiger partial charge in [-0.3, -0.25) is 4.79 Å². The smallest absolute Gasteiger partial charge is 0.251 e. The number of nitrogens with one attached hydrogen (secondary N) is 1. The third-order valence-electron chi connectivity index (χ3n) is 3.80. The molecule has 1 amide bonds. The molecule has 0 bridgehead atoms. The van der Waals surface area contributed by atoms with E-state index in [9.17, 15) is 9.18 Å². The molecule has 25 heavy (non-hydrogen) atoms. The number of hydrogen-bond donors (Lipinski definition) is 1. The van der Waals surface area contributed by atoms with Gasteiger partial charge in [-0.25, -0.2) is 9.37 Å². The first kappa shape index (κ1) is 16.4. The number of carbonyl (C=O) groups excluding carboxylic acids is 1. The van der Waals surface area contributed by atoms with Crippen LogP contribution in [0.3, 0.4) is 0 Å². The van der Waals surface area contributed by atoms with E-state index in [0.717, 1.165) is 0 Å². The number of rotatable bonds is 4. The number of aromatic nitrogens is 2. The van der Waals surface area contributed by atoms with Crippen molar-refractivity contribution in [2.45, 2.75) is 13.5 Å². The van der Waals surface area contributed by atoms with Crippen LogP contribution >= 0.6 is 0 Å². The second kappa shape index (κ2) is 6.97. The van der Waals surface area contributed by atoms with Crippen molar-refractivity contribution < 1.29 is 9.18 Å². The van der Waals surface area contributed by atoms with Crippen molar-refractivity contribution in [3.05, 3.63) is 83.2 Å². The van der Waals surface area contributed by atoms with Crippen LogP contribution in [-0.4, -0.2) is 15.5 Å². The fourth-order valence-electron chi connectivity index (χ4n) is 2.50. The molecule has 0 radical (unpaired) electrons. The predicted molar refractivity (Wildman–Crippen MR) is 90.6 cm³/mol. The number of nitriles is 1. The van der Waals surface area contributed by atoms with Gasteiger partial charge >= 0.3 is 0 Å². The highest BCUT2D eigenvalue weighted by molar-refractivity contribution is 5.94. The molecule has 3 rings (SSSR count). The first-order chi connectivity index (χ1) is 12.1. The quantitative estimate of drug-likeness (QED) is 0.797. The van der Waals surface area contributed by atoms with Crippen LogP contribution in [-0.2, 0) is 6.54 Å². The molecule has 0 aliphatic carbocycles. The lowest BCUT2D eigenvalue weighted by Crippen LogP contribution is -2.23. The van der Waals surface area contributed by atoms with E-state index in [1.807, 2.05) is 6.07 Å². The largest absolute Gasteiger partial charge is 0.348 e. The molecule has 0 unspecified atom stereocenters. The Bertz CT molecular complexity index is 972. The lowest BCUT2D eigenvalue weighted by molar-refractivity contribution is 0.0951. The molecule has 0 fully saturated rings. The molecule has 0 aliphatic heterocycles. The van der Waals surface area contributed by atoms with E-state index in [1.165, 1.54) is 12.1 Å². The number of imidazole rings is 1. The van der Waals surface area contributed by atoms with E-state index in [4.69, 9.17) is 5.26 Å². The van der Waals surface area contributed by atoms with Crippen LogP contribution in [0.15, 0.2) is 54.9 Å². The lowest BCUT2D eigenvalue weighted by atomic mass is 10.1. The highest BCUT2D eigenvalue weighted by atomic mass is 19.1. The Kier molecular flexibility index (Phi) is 4.57. The summed E-state index contributed by atoms with van der Waals surface area (Å²) in [6, 6.07) is 13.2. The Morgan fingerprint density at radius 2 is 2.16 bits per heavy atom. The van der Waals surface area contributed by atoms with Gasteiger partial charge in [0, 0.05) is 24.5 Å². The number of amides is 1. The van der Waals surface area contributed by atoms with Gasteiger partial charge in [0.05, 0.1) is 17.3 Å². The zero-order valence-corrected chi connectivity index (χ0v) is 13.5. The van der Waals surface area contributed by atoms with Crippen molar-refractivity contribution in [2.75, 3.05) is 0 Å². The van der Waals surface area contributed by atoms with Gasteiger partial charge < -0.3 is 9.88 Å². The normalized spacial score (nSPS) is 10.3. The molecule has 0 spiro atoms. The van der Waals surface area contributed by atoms with Crippen LogP contribution in [0.25, 0.3) is 5.69 Å². The number of hydrogen-bond acceptors (Lipinski definition) is 3. The standard InChI is InChI=1S/C19H15FN4O/c1-13-22-7-8-24(13)18-6-5-15(10-17(18)20)12-23-19(25)16-4-2-3-14(9-16)11-21/h2-10H,12H2,1H3,(H,23,25). The van der Waals surface area contributed by atoms with Gasteiger partial charge in [0.25, 0.3) is 5.91 Å². The third kappa shape index (κ3) is 3.56. The van der Waals surface area contributed by atoms with Gasteiger partial charge in [-0.2, -0.15) is 5.26 Å². The van der Waals surface area contributed by atoms with E-state index in [-0.39, 0.29) is 18.3 Å². The van der Waals surface area contributed by atoms with Crippen LogP contribution in [0.4, 0.5) is 4.39 Å². The summed E-state index contributed by atoms with van der Waals surface area (Å²) in [5, 5.41) is 11.6. The summed E-state index contributed by atoms with van der Waals surface area (Å²) in [7, 11) is 0. The zero-order chi connectivity index (χ0) is 17.8. The van der Waals surface area contributed by atoms with Crippen LogP contribution in [0, 0.1) is 24.1 Å². The van der Waals surface area contributed by atoms with Crippen molar-refractivity contribution in [2.24, 2.45) is 0 Å². The SMILES string of the molecule is Cc1nccn1-c1ccc(CNC(=O)c2cccc(C#N)c2)cc1F. The maximum Gasteiger partial charge on any atom is 0.251 e. The minimum absolute atomic E-state index is 0.190. The van der Waals surface area contributed by atoms with Crippen molar-refractivity contribution >= 4 is 5.91 Å². The molecule has 5 nitrogen and oxygen atoms in total. The molecular weight excluding hydrogens is 319 g/mol. The summed E-state index contributed by atoms with van der Waals surface area (Å²) >= 11 is 0. The number of nitrogens with zero attached hydrogens (tertiary/aromatic N) is 3. The summed E-state index contributed by atoms with van der Waals surface area (Å²) in [5.41, 5.74) is 1.86. The minimum atomic E-state index is -0.390. The van der Waals surface area contributed by atoms with Crippen molar-refractivity contribution in [3.63, 3.8) is 0 Å². The second-order valence-corrected chi connectivity index (χ2v) is 5.51. The average molecular weight is 334 g/mol. The van der Waals surface area contributed by atoms with Crippen LogP contribution in [0.5, 0.6) is 0 Å². The predicted octanol–water partition coefficient (Wildman–Crippen LogP) is 3.12. The molecule has 0 atom stereocenters. The second-order valence-electron chi connectivity index (χ2n) is 5.51. The molecule has 3 aromatic rings. The molecule has 0 saturated heterocycles.